The standard InChI is InChI=1S/C19H28FN5O5S/c1-22(2)19(27)23-11-12-25(17(13-23)18(26)21-28)31(29,30)24-9-7-15(8-10-24)14-3-5-16(20)6-4-14/h3-6,15,17,28H,7-13H2,1-2H3,(H,21,26)/t17-/m1/s1. The molecule has 10 nitrogen and oxygen atoms in total. The summed E-state index contributed by atoms with van der Waals surface area (Å²) >= 11 is 0. The van der Waals surface area contributed by atoms with Crippen molar-refractivity contribution in [2.45, 2.75) is 24.8 Å². The zero-order chi connectivity index (χ0) is 22.8. The summed E-state index contributed by atoms with van der Waals surface area (Å²) in [6.07, 6.45) is 1.14. The number of hydrogen-bond acceptors (Lipinski definition) is 5. The van der Waals surface area contributed by atoms with Crippen molar-refractivity contribution in [3.63, 3.8) is 0 Å². The molecule has 172 valence electrons. The second-order valence-electron chi connectivity index (χ2n) is 7.96. The van der Waals surface area contributed by atoms with E-state index in [1.807, 2.05) is 0 Å². The fourth-order valence-corrected chi connectivity index (χ4v) is 5.86. The molecule has 0 radical (unpaired) electrons. The third-order valence-corrected chi connectivity index (χ3v) is 7.86. The van der Waals surface area contributed by atoms with E-state index < -0.39 is 22.2 Å². The summed E-state index contributed by atoms with van der Waals surface area (Å²) in [5.74, 6) is -1.08. The molecule has 2 heterocycles. The number of nitrogens with one attached hydrogen (secondary N) is 1. The lowest BCUT2D eigenvalue weighted by Crippen LogP contribution is -2.64. The fraction of sp³-hybridized carbons (Fsp3) is 0.579. The molecule has 0 saturated carbocycles. The van der Waals surface area contributed by atoms with Crippen LogP contribution in [0.1, 0.15) is 24.3 Å². The molecule has 2 aliphatic heterocycles. The number of amides is 3. The Morgan fingerprint density at radius 3 is 2.26 bits per heavy atom. The number of piperazine rings is 1. The first-order chi connectivity index (χ1) is 14.6. The van der Waals surface area contributed by atoms with Crippen LogP contribution in [0.25, 0.3) is 0 Å². The Bertz CT molecular complexity index is 903. The number of halogens is 1. The summed E-state index contributed by atoms with van der Waals surface area (Å²) in [4.78, 5) is 27.2. The minimum absolute atomic E-state index is 0.0576. The van der Waals surface area contributed by atoms with Gasteiger partial charge in [0.1, 0.15) is 11.9 Å². The first-order valence-electron chi connectivity index (χ1n) is 10.1. The second-order valence-corrected chi connectivity index (χ2v) is 9.84. The summed E-state index contributed by atoms with van der Waals surface area (Å²) in [7, 11) is -0.853. The number of carbonyl (C=O) groups excluding carboxylic acids is 2. The zero-order valence-electron chi connectivity index (χ0n) is 17.6. The molecule has 2 fully saturated rings. The van der Waals surface area contributed by atoms with Crippen molar-refractivity contribution < 1.29 is 27.6 Å². The van der Waals surface area contributed by atoms with Crippen molar-refractivity contribution in [2.75, 3.05) is 46.8 Å². The number of piperidine rings is 1. The van der Waals surface area contributed by atoms with Crippen molar-refractivity contribution in [1.82, 2.24) is 23.9 Å². The van der Waals surface area contributed by atoms with Gasteiger partial charge in [-0.25, -0.2) is 14.7 Å². The first kappa shape index (κ1) is 23.4. The van der Waals surface area contributed by atoms with Crippen LogP contribution >= 0.6 is 0 Å². The smallest absolute Gasteiger partial charge is 0.319 e. The monoisotopic (exact) mass is 457 g/mol. The van der Waals surface area contributed by atoms with Gasteiger partial charge in [0.2, 0.25) is 0 Å². The van der Waals surface area contributed by atoms with Gasteiger partial charge in [0.15, 0.2) is 0 Å². The molecule has 12 heteroatoms. The van der Waals surface area contributed by atoms with E-state index in [9.17, 15) is 22.4 Å². The van der Waals surface area contributed by atoms with Crippen LogP contribution in [0.2, 0.25) is 0 Å². The summed E-state index contributed by atoms with van der Waals surface area (Å²) in [5, 5.41) is 9.12. The number of urea groups is 1. The van der Waals surface area contributed by atoms with E-state index in [1.54, 1.807) is 26.2 Å². The molecule has 1 atom stereocenters. The summed E-state index contributed by atoms with van der Waals surface area (Å²) in [6.45, 7) is 0.438. The van der Waals surface area contributed by atoms with Crippen molar-refractivity contribution in [3.8, 4) is 0 Å². The van der Waals surface area contributed by atoms with Crippen molar-refractivity contribution in [3.05, 3.63) is 35.6 Å². The lowest BCUT2D eigenvalue weighted by Gasteiger charge is -2.42. The molecule has 0 bridgehead atoms. The van der Waals surface area contributed by atoms with Crippen LogP contribution in [0.15, 0.2) is 24.3 Å². The molecular weight excluding hydrogens is 429 g/mol. The molecule has 1 aromatic carbocycles. The Morgan fingerprint density at radius 1 is 1.10 bits per heavy atom. The van der Waals surface area contributed by atoms with Gasteiger partial charge in [0.25, 0.3) is 16.1 Å². The van der Waals surface area contributed by atoms with Gasteiger partial charge in [0, 0.05) is 46.8 Å². The number of rotatable bonds is 4. The topological polar surface area (TPSA) is 114 Å². The van der Waals surface area contributed by atoms with Crippen LogP contribution in [0, 0.1) is 5.82 Å². The molecule has 3 amide bonds. The number of carbonyl (C=O) groups is 2. The fourth-order valence-electron chi connectivity index (χ4n) is 4.09. The highest BCUT2D eigenvalue weighted by atomic mass is 32.2. The highest BCUT2D eigenvalue weighted by Crippen LogP contribution is 2.30. The Morgan fingerprint density at radius 2 is 1.71 bits per heavy atom. The van der Waals surface area contributed by atoms with Gasteiger partial charge in [0.05, 0.1) is 0 Å². The number of nitrogens with zero attached hydrogens (tertiary/aromatic N) is 4. The molecule has 31 heavy (non-hydrogen) atoms. The van der Waals surface area contributed by atoms with E-state index >= 15 is 0 Å². The van der Waals surface area contributed by atoms with Gasteiger partial charge in [-0.2, -0.15) is 17.0 Å². The molecule has 1 aromatic rings. The molecule has 2 aliphatic rings. The lowest BCUT2D eigenvalue weighted by molar-refractivity contribution is -0.134. The molecule has 0 spiro atoms. The second kappa shape index (κ2) is 9.47. The van der Waals surface area contributed by atoms with Gasteiger partial charge >= 0.3 is 6.03 Å². The maximum atomic E-state index is 13.3. The van der Waals surface area contributed by atoms with E-state index in [0.29, 0.717) is 12.8 Å². The highest BCUT2D eigenvalue weighted by Gasteiger charge is 2.44. The highest BCUT2D eigenvalue weighted by molar-refractivity contribution is 7.86. The van der Waals surface area contributed by atoms with Crippen molar-refractivity contribution in [2.24, 2.45) is 0 Å². The Labute approximate surface area is 181 Å². The average Bonchev–Trinajstić information content (AvgIpc) is 2.78. The predicted octanol–water partition coefficient (Wildman–Crippen LogP) is 0.423. The van der Waals surface area contributed by atoms with Crippen LogP contribution in [0.3, 0.4) is 0 Å². The Kier molecular flexibility index (Phi) is 7.14. The first-order valence-corrected chi connectivity index (χ1v) is 11.5. The lowest BCUT2D eigenvalue weighted by atomic mass is 9.90. The maximum Gasteiger partial charge on any atom is 0.319 e. The van der Waals surface area contributed by atoms with E-state index in [-0.39, 0.29) is 50.5 Å². The van der Waals surface area contributed by atoms with Crippen LogP contribution in [-0.2, 0) is 15.0 Å². The van der Waals surface area contributed by atoms with Crippen LogP contribution in [0.5, 0.6) is 0 Å². The van der Waals surface area contributed by atoms with E-state index in [4.69, 9.17) is 5.21 Å². The van der Waals surface area contributed by atoms with E-state index in [2.05, 4.69) is 0 Å². The molecule has 0 aromatic heterocycles. The average molecular weight is 458 g/mol. The third-order valence-electron chi connectivity index (χ3n) is 5.82. The molecule has 2 saturated heterocycles. The van der Waals surface area contributed by atoms with Gasteiger partial charge < -0.3 is 9.80 Å². The SMILES string of the molecule is CN(C)C(=O)N1CCN(S(=O)(=O)N2CCC(c3ccc(F)cc3)CC2)[C@@H](C(=O)NO)C1. The van der Waals surface area contributed by atoms with Gasteiger partial charge in [-0.3, -0.25) is 10.0 Å². The normalized spacial score (nSPS) is 21.7. The van der Waals surface area contributed by atoms with Crippen molar-refractivity contribution >= 4 is 22.1 Å². The summed E-state index contributed by atoms with van der Waals surface area (Å²) < 4.78 is 42.1. The van der Waals surface area contributed by atoms with Crippen LogP contribution in [0.4, 0.5) is 9.18 Å². The molecule has 3 rings (SSSR count). The van der Waals surface area contributed by atoms with Crippen LogP contribution < -0.4 is 5.48 Å². The number of hydroxylamine groups is 1. The van der Waals surface area contributed by atoms with E-state index in [0.717, 1.165) is 9.87 Å². The Hall–Kier alpha value is -2.28. The minimum atomic E-state index is -3.99. The van der Waals surface area contributed by atoms with Gasteiger partial charge in [-0.15, -0.1) is 0 Å². The van der Waals surface area contributed by atoms with E-state index in [1.165, 1.54) is 31.7 Å². The third kappa shape index (κ3) is 4.97. The summed E-state index contributed by atoms with van der Waals surface area (Å²) in [5.41, 5.74) is 2.48. The molecular formula is C19H28FN5O5S. The maximum absolute atomic E-state index is 13.3. The Balaban J connectivity index is 1.72. The minimum Gasteiger partial charge on any atom is -0.331 e. The number of benzene rings is 1. The van der Waals surface area contributed by atoms with Gasteiger partial charge in [-0.1, -0.05) is 12.1 Å². The number of hydrogen-bond donors (Lipinski definition) is 2. The molecule has 0 unspecified atom stereocenters. The zero-order valence-corrected chi connectivity index (χ0v) is 18.4. The van der Waals surface area contributed by atoms with Gasteiger partial charge in [-0.05, 0) is 36.5 Å². The quantitative estimate of drug-likeness (QED) is 0.503. The predicted molar refractivity (Wildman–Crippen MR) is 110 cm³/mol. The van der Waals surface area contributed by atoms with Crippen molar-refractivity contribution in [1.29, 1.82) is 0 Å². The molecule has 2 N–H and O–H groups in total. The summed E-state index contributed by atoms with van der Waals surface area (Å²) in [6, 6.07) is 4.64. The molecule has 0 aliphatic carbocycles. The largest absolute Gasteiger partial charge is 0.331 e. The van der Waals surface area contributed by atoms with Crippen LogP contribution in [-0.4, -0.2) is 96.8 Å².